The number of hydrogen-bond donors (Lipinski definition) is 2. The Morgan fingerprint density at radius 3 is 2.50 bits per heavy atom. The molecule has 0 fully saturated rings. The molecule has 10 heavy (non-hydrogen) atoms. The molecule has 0 saturated heterocycles. The van der Waals surface area contributed by atoms with Crippen LogP contribution in [0.5, 0.6) is 0 Å². The van der Waals surface area contributed by atoms with Gasteiger partial charge in [-0.15, -0.1) is 0 Å². The summed E-state index contributed by atoms with van der Waals surface area (Å²) in [5.74, 6) is 0.767. The summed E-state index contributed by atoms with van der Waals surface area (Å²) in [6.45, 7) is 5.39. The Hall–Kier alpha value is -0.0800. The van der Waals surface area contributed by atoms with Gasteiger partial charge >= 0.3 is 0 Å². The molecule has 2 atom stereocenters. The van der Waals surface area contributed by atoms with Crippen molar-refractivity contribution < 1.29 is 0 Å². The molecule has 0 aromatic rings. The second-order valence-electron chi connectivity index (χ2n) is 3.07. The molecule has 62 valence electrons. The van der Waals surface area contributed by atoms with Crippen molar-refractivity contribution in [3.05, 3.63) is 0 Å². The van der Waals surface area contributed by atoms with Crippen LogP contribution < -0.4 is 11.1 Å². The Balaban J connectivity index is 3.27. The summed E-state index contributed by atoms with van der Waals surface area (Å²) in [6.07, 6.45) is 2.37. The Kier molecular flexibility index (Phi) is 5.64. The minimum atomic E-state index is 0.333. The van der Waals surface area contributed by atoms with E-state index < -0.39 is 0 Å². The van der Waals surface area contributed by atoms with Gasteiger partial charge in [0.25, 0.3) is 0 Å². The lowest BCUT2D eigenvalue weighted by molar-refractivity contribution is 0.442. The fraction of sp³-hybridized carbons (Fsp3) is 1.00. The van der Waals surface area contributed by atoms with Crippen molar-refractivity contribution in [3.63, 3.8) is 0 Å². The van der Waals surface area contributed by atoms with Gasteiger partial charge in [-0.1, -0.05) is 20.3 Å². The molecule has 3 N–H and O–H groups in total. The Labute approximate surface area is 64.2 Å². The minimum Gasteiger partial charge on any atom is -0.327 e. The molecule has 0 aromatic heterocycles. The van der Waals surface area contributed by atoms with E-state index in [1.165, 1.54) is 6.42 Å². The van der Waals surface area contributed by atoms with Gasteiger partial charge in [-0.2, -0.15) is 0 Å². The second kappa shape index (κ2) is 5.69. The molecule has 2 unspecified atom stereocenters. The predicted octanol–water partition coefficient (Wildman–Crippen LogP) is 0.969. The van der Waals surface area contributed by atoms with E-state index in [4.69, 9.17) is 5.73 Å². The Morgan fingerprint density at radius 2 is 2.10 bits per heavy atom. The molecule has 0 saturated carbocycles. The van der Waals surface area contributed by atoms with Gasteiger partial charge in [0.15, 0.2) is 0 Å². The van der Waals surface area contributed by atoms with Gasteiger partial charge in [-0.25, -0.2) is 0 Å². The summed E-state index contributed by atoms with van der Waals surface area (Å²) in [6, 6.07) is 0.333. The highest BCUT2D eigenvalue weighted by atomic mass is 14.9. The van der Waals surface area contributed by atoms with E-state index in [9.17, 15) is 0 Å². The van der Waals surface area contributed by atoms with Crippen LogP contribution in [0.2, 0.25) is 0 Å². The third kappa shape index (κ3) is 4.77. The molecule has 0 aromatic carbocycles. The fourth-order valence-electron chi connectivity index (χ4n) is 1.03. The normalized spacial score (nSPS) is 16.8. The van der Waals surface area contributed by atoms with E-state index in [0.717, 1.165) is 18.9 Å². The lowest BCUT2D eigenvalue weighted by Crippen LogP contribution is -2.33. The van der Waals surface area contributed by atoms with E-state index in [0.29, 0.717) is 6.04 Å². The fourth-order valence-corrected chi connectivity index (χ4v) is 1.03. The molecule has 0 spiro atoms. The van der Waals surface area contributed by atoms with Gasteiger partial charge in [0.1, 0.15) is 0 Å². The van der Waals surface area contributed by atoms with E-state index in [-0.39, 0.29) is 0 Å². The highest BCUT2D eigenvalue weighted by molar-refractivity contribution is 4.66. The van der Waals surface area contributed by atoms with Crippen molar-refractivity contribution in [2.24, 2.45) is 11.7 Å². The van der Waals surface area contributed by atoms with Crippen LogP contribution in [-0.2, 0) is 0 Å². The molecule has 0 bridgehead atoms. The number of rotatable bonds is 5. The average molecular weight is 144 g/mol. The quantitative estimate of drug-likeness (QED) is 0.603. The summed E-state index contributed by atoms with van der Waals surface area (Å²) in [5.41, 5.74) is 5.80. The van der Waals surface area contributed by atoms with Crippen LogP contribution in [-0.4, -0.2) is 19.6 Å². The minimum absolute atomic E-state index is 0.333. The van der Waals surface area contributed by atoms with Crippen molar-refractivity contribution in [1.29, 1.82) is 0 Å². The van der Waals surface area contributed by atoms with Crippen molar-refractivity contribution in [2.75, 3.05) is 13.6 Å². The standard InChI is InChI=1S/C8H20N2/c1-4-7(2)5-8(9)6-10-3/h7-8,10H,4-6,9H2,1-3H3. The van der Waals surface area contributed by atoms with Gasteiger partial charge in [0, 0.05) is 12.6 Å². The molecular formula is C8H20N2. The van der Waals surface area contributed by atoms with E-state index in [1.54, 1.807) is 0 Å². The average Bonchev–Trinajstić information content (AvgIpc) is 1.88. The van der Waals surface area contributed by atoms with Gasteiger partial charge in [0.2, 0.25) is 0 Å². The highest BCUT2D eigenvalue weighted by Gasteiger charge is 2.05. The van der Waals surface area contributed by atoms with E-state index in [1.807, 2.05) is 7.05 Å². The summed E-state index contributed by atoms with van der Waals surface area (Å²) >= 11 is 0. The van der Waals surface area contributed by atoms with Crippen LogP contribution in [0.25, 0.3) is 0 Å². The maximum atomic E-state index is 5.80. The Bertz CT molecular complexity index is 73.7. The molecule has 0 aliphatic rings. The smallest absolute Gasteiger partial charge is 0.0167 e. The number of nitrogens with one attached hydrogen (secondary N) is 1. The molecule has 0 amide bonds. The zero-order valence-corrected chi connectivity index (χ0v) is 7.35. The number of nitrogens with two attached hydrogens (primary N) is 1. The van der Waals surface area contributed by atoms with E-state index >= 15 is 0 Å². The molecular weight excluding hydrogens is 124 g/mol. The summed E-state index contributed by atoms with van der Waals surface area (Å²) in [7, 11) is 1.94. The topological polar surface area (TPSA) is 38.0 Å². The second-order valence-corrected chi connectivity index (χ2v) is 3.07. The first-order valence-electron chi connectivity index (χ1n) is 4.10. The number of hydrogen-bond acceptors (Lipinski definition) is 2. The van der Waals surface area contributed by atoms with Gasteiger partial charge in [0.05, 0.1) is 0 Å². The Morgan fingerprint density at radius 1 is 1.50 bits per heavy atom. The van der Waals surface area contributed by atoms with Crippen molar-refractivity contribution in [2.45, 2.75) is 32.7 Å². The zero-order valence-electron chi connectivity index (χ0n) is 7.35. The highest BCUT2D eigenvalue weighted by Crippen LogP contribution is 2.07. The van der Waals surface area contributed by atoms with Crippen LogP contribution in [0.15, 0.2) is 0 Å². The monoisotopic (exact) mass is 144 g/mol. The molecule has 0 heterocycles. The van der Waals surface area contributed by atoms with Crippen LogP contribution in [0.3, 0.4) is 0 Å². The van der Waals surface area contributed by atoms with E-state index in [2.05, 4.69) is 19.2 Å². The lowest BCUT2D eigenvalue weighted by Gasteiger charge is -2.14. The van der Waals surface area contributed by atoms with Crippen LogP contribution in [0.1, 0.15) is 26.7 Å². The largest absolute Gasteiger partial charge is 0.327 e. The summed E-state index contributed by atoms with van der Waals surface area (Å²) in [5, 5.41) is 3.07. The van der Waals surface area contributed by atoms with Crippen LogP contribution in [0, 0.1) is 5.92 Å². The molecule has 2 heteroatoms. The first-order chi connectivity index (χ1) is 4.70. The summed E-state index contributed by atoms with van der Waals surface area (Å²) < 4.78 is 0. The maximum absolute atomic E-state index is 5.80. The van der Waals surface area contributed by atoms with Crippen molar-refractivity contribution in [3.8, 4) is 0 Å². The first-order valence-corrected chi connectivity index (χ1v) is 4.10. The number of likely N-dealkylation sites (N-methyl/N-ethyl adjacent to an activating group) is 1. The SMILES string of the molecule is CCC(C)CC(N)CNC. The third-order valence-corrected chi connectivity index (χ3v) is 1.87. The maximum Gasteiger partial charge on any atom is 0.0167 e. The predicted molar refractivity (Wildman–Crippen MR) is 46.0 cm³/mol. The molecule has 0 radical (unpaired) electrons. The zero-order chi connectivity index (χ0) is 7.98. The van der Waals surface area contributed by atoms with Crippen molar-refractivity contribution in [1.82, 2.24) is 5.32 Å². The molecule has 2 nitrogen and oxygen atoms in total. The van der Waals surface area contributed by atoms with Gasteiger partial charge in [-0.3, -0.25) is 0 Å². The summed E-state index contributed by atoms with van der Waals surface area (Å²) in [4.78, 5) is 0. The van der Waals surface area contributed by atoms with Gasteiger partial charge < -0.3 is 11.1 Å². The lowest BCUT2D eigenvalue weighted by atomic mass is 10.00. The van der Waals surface area contributed by atoms with Crippen LogP contribution in [0.4, 0.5) is 0 Å². The third-order valence-electron chi connectivity index (χ3n) is 1.87. The van der Waals surface area contributed by atoms with Crippen LogP contribution >= 0.6 is 0 Å². The molecule has 0 rings (SSSR count). The van der Waals surface area contributed by atoms with Gasteiger partial charge in [-0.05, 0) is 19.4 Å². The first kappa shape index (κ1) is 9.92. The van der Waals surface area contributed by atoms with Crippen molar-refractivity contribution >= 4 is 0 Å². The molecule has 0 aliphatic carbocycles. The molecule has 0 aliphatic heterocycles.